The molecular weight excluding hydrogens is 290 g/mol. The Kier molecular flexibility index (Phi) is 7.18. The molecule has 0 fully saturated rings. The molecule has 9 nitrogen and oxygen atoms in total. The van der Waals surface area contributed by atoms with Crippen molar-refractivity contribution in [3.63, 3.8) is 0 Å². The number of hydrogen-bond acceptors (Lipinski definition) is 7. The molecule has 0 radical (unpaired) electrons. The van der Waals surface area contributed by atoms with E-state index in [0.29, 0.717) is 5.69 Å². The van der Waals surface area contributed by atoms with Crippen LogP contribution in [0.3, 0.4) is 0 Å². The lowest BCUT2D eigenvalue weighted by Gasteiger charge is -2.17. The fraction of sp³-hybridized carbons (Fsp3) is 0.400. The Morgan fingerprint density at radius 2 is 1.85 bits per heavy atom. The number of nitrogens with two attached hydrogens (primary N) is 1. The molecule has 0 amide bonds. The van der Waals surface area contributed by atoms with Crippen molar-refractivity contribution in [3.05, 3.63) is 18.1 Å². The number of rotatable bonds is 3. The van der Waals surface area contributed by atoms with Gasteiger partial charge in [-0.1, -0.05) is 0 Å². The van der Waals surface area contributed by atoms with E-state index in [1.807, 2.05) is 50.1 Å². The van der Waals surface area contributed by atoms with Crippen molar-refractivity contribution in [2.45, 2.75) is 0 Å². The second-order valence-electron chi connectivity index (χ2n) is 4.22. The maximum absolute atomic E-state index is 8.49. The minimum atomic E-state index is -4.94. The predicted octanol–water partition coefficient (Wildman–Crippen LogP) is -4.52. The van der Waals surface area contributed by atoms with Crippen LogP contribution in [0, 0.1) is 10.2 Å². The molecular formula is C10H18ClN5O4. The molecule has 0 aliphatic rings. The Morgan fingerprint density at radius 3 is 2.15 bits per heavy atom. The average Bonchev–Trinajstić information content (AvgIpc) is 2.59. The van der Waals surface area contributed by atoms with Crippen molar-refractivity contribution in [1.29, 1.82) is 0 Å². The molecule has 0 atom stereocenters. The zero-order chi connectivity index (χ0) is 15.9. The van der Waals surface area contributed by atoms with Gasteiger partial charge in [0.2, 0.25) is 0 Å². The summed E-state index contributed by atoms with van der Waals surface area (Å²) < 4.78 is 35.9. The molecule has 0 aromatic carbocycles. The number of nitrogens with zero attached hydrogens (tertiary/aromatic N) is 3. The van der Waals surface area contributed by atoms with Gasteiger partial charge in [0.1, 0.15) is 14.1 Å². The number of allylic oxidation sites excluding steroid dienone is 1. The molecule has 10 heteroatoms. The van der Waals surface area contributed by atoms with Gasteiger partial charge in [0.25, 0.3) is 0 Å². The summed E-state index contributed by atoms with van der Waals surface area (Å²) in [5.41, 5.74) is 8.30. The number of anilines is 1. The summed E-state index contributed by atoms with van der Waals surface area (Å²) >= 11 is 0. The number of hydrogen-bond donors (Lipinski definition) is 2. The predicted molar refractivity (Wildman–Crippen MR) is 62.8 cm³/mol. The van der Waals surface area contributed by atoms with Crippen LogP contribution < -0.4 is 24.4 Å². The summed E-state index contributed by atoms with van der Waals surface area (Å²) in [4.78, 5) is 1.97. The first-order valence-electron chi connectivity index (χ1n) is 5.31. The third-order valence-corrected chi connectivity index (χ3v) is 1.75. The van der Waals surface area contributed by atoms with Crippen LogP contribution in [0.1, 0.15) is 5.69 Å². The number of aromatic amines is 1. The Hall–Kier alpha value is -1.65. The third kappa shape index (κ3) is 9.30. The van der Waals surface area contributed by atoms with Gasteiger partial charge < -0.3 is 10.6 Å². The second-order valence-corrected chi connectivity index (χ2v) is 4.98. The Labute approximate surface area is 119 Å². The standard InChI is InChI=1S/C10H18N5.ClHO4/c1-14(2)6-8(7-15(3)4)10-9(11)5-12-13-10;2-1(3,4)5/h5-7H,11H2,1-4H3,(H,12,13);(H,2,3,4,5)/q+1;/p-1. The maximum Gasteiger partial charge on any atom is 0.173 e. The largest absolute Gasteiger partial charge is 0.396 e. The molecule has 114 valence electrons. The van der Waals surface area contributed by atoms with E-state index in [0.717, 1.165) is 11.3 Å². The molecule has 0 saturated carbocycles. The summed E-state index contributed by atoms with van der Waals surface area (Å²) in [6.07, 6.45) is 5.59. The third-order valence-electron chi connectivity index (χ3n) is 1.75. The number of nitrogens with one attached hydrogen (secondary N) is 1. The quantitative estimate of drug-likeness (QED) is 0.421. The highest BCUT2D eigenvalue weighted by Crippen LogP contribution is 2.16. The van der Waals surface area contributed by atoms with Crippen LogP contribution in [-0.2, 0) is 0 Å². The lowest BCUT2D eigenvalue weighted by atomic mass is 10.2. The van der Waals surface area contributed by atoms with Crippen LogP contribution in [0.15, 0.2) is 12.4 Å². The Bertz CT molecular complexity index is 468. The summed E-state index contributed by atoms with van der Waals surface area (Å²) in [6, 6.07) is 0. The zero-order valence-corrected chi connectivity index (χ0v) is 12.4. The van der Waals surface area contributed by atoms with Crippen LogP contribution in [0.5, 0.6) is 0 Å². The minimum Gasteiger partial charge on any atom is -0.396 e. The molecule has 1 heterocycles. The summed E-state index contributed by atoms with van der Waals surface area (Å²) in [6.45, 7) is 0. The van der Waals surface area contributed by atoms with E-state index in [1.54, 1.807) is 6.20 Å². The highest BCUT2D eigenvalue weighted by Gasteiger charge is 2.09. The monoisotopic (exact) mass is 307 g/mol. The normalized spacial score (nSPS) is 11.5. The van der Waals surface area contributed by atoms with Crippen molar-refractivity contribution < 1.29 is 33.5 Å². The van der Waals surface area contributed by atoms with Crippen molar-refractivity contribution in [2.75, 3.05) is 33.9 Å². The topological polar surface area (TPSA) is 153 Å². The molecule has 0 aliphatic heterocycles. The maximum atomic E-state index is 8.49. The van der Waals surface area contributed by atoms with Gasteiger partial charge in [-0.2, -0.15) is 5.10 Å². The molecule has 3 N–H and O–H groups in total. The van der Waals surface area contributed by atoms with Crippen LogP contribution >= 0.6 is 0 Å². The highest BCUT2D eigenvalue weighted by molar-refractivity contribution is 6.08. The molecule has 1 aromatic heterocycles. The van der Waals surface area contributed by atoms with Gasteiger partial charge in [0.05, 0.1) is 23.2 Å². The first kappa shape index (κ1) is 18.4. The summed E-state index contributed by atoms with van der Waals surface area (Å²) in [5.74, 6) is 0. The van der Waals surface area contributed by atoms with Gasteiger partial charge in [-0.15, -0.1) is 10.2 Å². The fourth-order valence-corrected chi connectivity index (χ4v) is 1.25. The zero-order valence-electron chi connectivity index (χ0n) is 11.7. The Morgan fingerprint density at radius 1 is 1.35 bits per heavy atom. The molecule has 0 bridgehead atoms. The highest BCUT2D eigenvalue weighted by atomic mass is 35.7. The van der Waals surface area contributed by atoms with Crippen molar-refractivity contribution in [1.82, 2.24) is 15.1 Å². The van der Waals surface area contributed by atoms with Gasteiger partial charge in [0.15, 0.2) is 6.21 Å². The van der Waals surface area contributed by atoms with Gasteiger partial charge in [0, 0.05) is 20.3 Å². The van der Waals surface area contributed by atoms with E-state index in [-0.39, 0.29) is 0 Å². The minimum absolute atomic E-state index is 0.654. The van der Waals surface area contributed by atoms with Crippen molar-refractivity contribution in [2.24, 2.45) is 0 Å². The summed E-state index contributed by atoms with van der Waals surface area (Å²) in [5, 5.41) is 6.80. The molecule has 0 unspecified atom stereocenters. The lowest BCUT2D eigenvalue weighted by Crippen LogP contribution is -2.68. The number of H-pyrrole nitrogens is 1. The van der Waals surface area contributed by atoms with Crippen LogP contribution in [0.2, 0.25) is 0 Å². The van der Waals surface area contributed by atoms with Crippen LogP contribution in [0.4, 0.5) is 5.69 Å². The van der Waals surface area contributed by atoms with E-state index in [1.165, 1.54) is 0 Å². The van der Waals surface area contributed by atoms with E-state index < -0.39 is 10.2 Å². The van der Waals surface area contributed by atoms with Gasteiger partial charge in [-0.25, -0.2) is 23.2 Å². The molecule has 20 heavy (non-hydrogen) atoms. The molecule has 0 aliphatic carbocycles. The molecule has 0 spiro atoms. The summed E-state index contributed by atoms with van der Waals surface area (Å²) in [7, 11) is 2.93. The number of nitrogen functional groups attached to an aromatic ring is 1. The Balaban J connectivity index is 0.000000621. The van der Waals surface area contributed by atoms with E-state index in [9.17, 15) is 0 Å². The molecule has 0 saturated heterocycles. The molecule has 1 aromatic rings. The van der Waals surface area contributed by atoms with Crippen LogP contribution in [-0.4, -0.2) is 54.1 Å². The van der Waals surface area contributed by atoms with E-state index >= 15 is 0 Å². The number of halogens is 1. The SMILES string of the molecule is CN(C)/C=C(\C=[N+](C)C)c1[nH]ncc1N.[O-][Cl+3]([O-])([O-])[O-]. The average molecular weight is 308 g/mol. The first-order chi connectivity index (χ1) is 9.00. The van der Waals surface area contributed by atoms with Crippen LogP contribution in [0.25, 0.3) is 5.57 Å². The lowest BCUT2D eigenvalue weighted by molar-refractivity contribution is -2.00. The van der Waals surface area contributed by atoms with Gasteiger partial charge in [-0.3, -0.25) is 5.10 Å². The number of aromatic nitrogens is 2. The van der Waals surface area contributed by atoms with E-state index in [4.69, 9.17) is 24.4 Å². The van der Waals surface area contributed by atoms with Gasteiger partial charge in [-0.05, 0) is 0 Å². The second kappa shape index (κ2) is 7.82. The first-order valence-corrected chi connectivity index (χ1v) is 6.54. The van der Waals surface area contributed by atoms with Crippen molar-refractivity contribution in [3.8, 4) is 0 Å². The van der Waals surface area contributed by atoms with E-state index in [2.05, 4.69) is 10.2 Å². The fourth-order valence-electron chi connectivity index (χ4n) is 1.25. The smallest absolute Gasteiger partial charge is 0.173 e. The van der Waals surface area contributed by atoms with Crippen molar-refractivity contribution >= 4 is 17.5 Å². The van der Waals surface area contributed by atoms with Gasteiger partial charge >= 0.3 is 0 Å². The molecule has 1 rings (SSSR count).